The van der Waals surface area contributed by atoms with Gasteiger partial charge in [0, 0.05) is 28.7 Å². The molecule has 0 saturated heterocycles. The molecule has 0 saturated carbocycles. The van der Waals surface area contributed by atoms with Gasteiger partial charge in [0.25, 0.3) is 0 Å². The Hall–Kier alpha value is -5.25. The van der Waals surface area contributed by atoms with E-state index < -0.39 is 11.6 Å². The van der Waals surface area contributed by atoms with Crippen molar-refractivity contribution < 1.29 is 18.3 Å². The van der Waals surface area contributed by atoms with Crippen molar-refractivity contribution in [3.63, 3.8) is 0 Å². The van der Waals surface area contributed by atoms with Gasteiger partial charge in [-0.2, -0.15) is 14.6 Å². The lowest BCUT2D eigenvalue weighted by Crippen LogP contribution is -2.01. The van der Waals surface area contributed by atoms with Crippen LogP contribution in [0.1, 0.15) is 16.1 Å². The third-order valence-electron chi connectivity index (χ3n) is 6.33. The average Bonchev–Trinajstić information content (AvgIpc) is 3.69. The van der Waals surface area contributed by atoms with Crippen LogP contribution in [0.2, 0.25) is 0 Å². The Balaban J connectivity index is 1.27. The molecule has 7 aromatic rings. The molecule has 4 heterocycles. The van der Waals surface area contributed by atoms with Gasteiger partial charge in [0.05, 0.1) is 34.7 Å². The summed E-state index contributed by atoms with van der Waals surface area (Å²) < 4.78 is 34.7. The fourth-order valence-electron chi connectivity index (χ4n) is 4.57. The maximum absolute atomic E-state index is 14.0. The second kappa shape index (κ2) is 7.89. The largest absolute Gasteiger partial charge is 0.454 e. The second-order valence-corrected chi connectivity index (χ2v) is 8.54. The van der Waals surface area contributed by atoms with Crippen LogP contribution in [-0.4, -0.2) is 35.6 Å². The second-order valence-electron chi connectivity index (χ2n) is 8.54. The summed E-state index contributed by atoms with van der Waals surface area (Å²) in [5.41, 5.74) is 5.32. The number of H-pyrrole nitrogens is 3. The van der Waals surface area contributed by atoms with Gasteiger partial charge in [0.1, 0.15) is 11.4 Å². The van der Waals surface area contributed by atoms with Crippen molar-refractivity contribution in [3.05, 3.63) is 102 Å². The predicted octanol–water partition coefficient (Wildman–Crippen LogP) is 5.99. The molecule has 0 spiro atoms. The molecule has 3 aromatic carbocycles. The van der Waals surface area contributed by atoms with Gasteiger partial charge in [-0.1, -0.05) is 18.2 Å². The molecule has 0 radical (unpaired) electrons. The number of carbonyl (C=O) groups excluding carboxylic acids is 1. The summed E-state index contributed by atoms with van der Waals surface area (Å²) in [6.45, 7) is 0. The number of ketones is 1. The molecule has 0 bridgehead atoms. The molecule has 4 aromatic heterocycles. The lowest BCUT2D eigenvalue weighted by molar-refractivity contribution is 0.103. The van der Waals surface area contributed by atoms with Crippen molar-refractivity contribution in [2.45, 2.75) is 0 Å². The zero-order valence-corrected chi connectivity index (χ0v) is 18.9. The van der Waals surface area contributed by atoms with Gasteiger partial charge in [-0.15, -0.1) is 0 Å². The monoisotopic (exact) mass is 494 g/mol. The molecule has 0 fully saturated rings. The fraction of sp³-hybridized carbons (Fsp3) is 0. The lowest BCUT2D eigenvalue weighted by atomic mass is 10.0. The standard InChI is InChI=1S/C27H16F2N6O2/c28-19-4-2-6-24(25(19)29)37-15-7-8-23-21(9-15)34-27-18(13-32-35(23)27)26(36)22-10-17-16(14-11-30-31-12-14)3-1-5-20(17)33-22/h1-13,33-34H,(H,30,31). The number of ether oxygens (including phenoxy) is 1. The number of hydrogen-bond acceptors (Lipinski definition) is 4. The summed E-state index contributed by atoms with van der Waals surface area (Å²) in [5.74, 6) is -2.20. The Bertz CT molecular complexity index is 1970. The minimum atomic E-state index is -1.06. The van der Waals surface area contributed by atoms with E-state index in [4.69, 9.17) is 4.74 Å². The molecule has 7 rings (SSSR count). The SMILES string of the molecule is O=C(c1cc2c(-c3cn[nH]c3)cccc2[nH]1)c1cnn2c1[nH]c1cc(Oc3cccc(F)c3F)ccc12. The van der Waals surface area contributed by atoms with Gasteiger partial charge < -0.3 is 14.7 Å². The van der Waals surface area contributed by atoms with E-state index in [0.717, 1.165) is 28.1 Å². The van der Waals surface area contributed by atoms with Gasteiger partial charge in [0.15, 0.2) is 11.6 Å². The van der Waals surface area contributed by atoms with E-state index in [0.29, 0.717) is 33.7 Å². The van der Waals surface area contributed by atoms with Crippen molar-refractivity contribution in [2.75, 3.05) is 0 Å². The van der Waals surface area contributed by atoms with Crippen molar-refractivity contribution in [3.8, 4) is 22.6 Å². The number of benzene rings is 3. The van der Waals surface area contributed by atoms with E-state index in [-0.39, 0.29) is 11.5 Å². The maximum Gasteiger partial charge on any atom is 0.214 e. The number of hydrogen-bond donors (Lipinski definition) is 3. The van der Waals surface area contributed by atoms with Crippen LogP contribution < -0.4 is 4.74 Å². The van der Waals surface area contributed by atoms with Crippen LogP contribution in [0.3, 0.4) is 0 Å². The summed E-state index contributed by atoms with van der Waals surface area (Å²) in [7, 11) is 0. The number of nitrogens with zero attached hydrogens (tertiary/aromatic N) is 3. The van der Waals surface area contributed by atoms with E-state index in [1.807, 2.05) is 24.3 Å². The van der Waals surface area contributed by atoms with Gasteiger partial charge in [-0.3, -0.25) is 9.89 Å². The third-order valence-corrected chi connectivity index (χ3v) is 6.33. The van der Waals surface area contributed by atoms with E-state index in [2.05, 4.69) is 25.3 Å². The molecule has 0 atom stereocenters. The maximum atomic E-state index is 14.0. The number of carbonyl (C=O) groups is 1. The van der Waals surface area contributed by atoms with Crippen LogP contribution in [0.15, 0.2) is 79.3 Å². The zero-order chi connectivity index (χ0) is 25.1. The van der Waals surface area contributed by atoms with E-state index >= 15 is 0 Å². The number of fused-ring (bicyclic) bond motifs is 4. The van der Waals surface area contributed by atoms with Crippen molar-refractivity contribution in [1.29, 1.82) is 0 Å². The lowest BCUT2D eigenvalue weighted by Gasteiger charge is -2.07. The predicted molar refractivity (Wildman–Crippen MR) is 133 cm³/mol. The summed E-state index contributed by atoms with van der Waals surface area (Å²) in [5, 5.41) is 12.1. The van der Waals surface area contributed by atoms with E-state index in [1.54, 1.807) is 35.1 Å². The highest BCUT2D eigenvalue weighted by Gasteiger charge is 2.21. The molecule has 0 aliphatic rings. The Morgan fingerprint density at radius 2 is 1.84 bits per heavy atom. The first kappa shape index (κ1) is 21.1. The van der Waals surface area contributed by atoms with Crippen molar-refractivity contribution >= 4 is 33.4 Å². The minimum absolute atomic E-state index is 0.222. The summed E-state index contributed by atoms with van der Waals surface area (Å²) in [6.07, 6.45) is 5.05. The summed E-state index contributed by atoms with van der Waals surface area (Å²) in [4.78, 5) is 19.9. The summed E-state index contributed by atoms with van der Waals surface area (Å²) >= 11 is 0. The van der Waals surface area contributed by atoms with Crippen LogP contribution >= 0.6 is 0 Å². The van der Waals surface area contributed by atoms with Gasteiger partial charge in [-0.05, 0) is 42.0 Å². The highest BCUT2D eigenvalue weighted by Crippen LogP contribution is 2.31. The van der Waals surface area contributed by atoms with Gasteiger partial charge in [0.2, 0.25) is 11.6 Å². The molecule has 180 valence electrons. The van der Waals surface area contributed by atoms with E-state index in [1.165, 1.54) is 18.3 Å². The fourth-order valence-corrected chi connectivity index (χ4v) is 4.57. The Labute approximate surface area is 206 Å². The molecule has 0 aliphatic carbocycles. The van der Waals surface area contributed by atoms with Crippen LogP contribution in [0.4, 0.5) is 8.78 Å². The van der Waals surface area contributed by atoms with Crippen molar-refractivity contribution in [2.24, 2.45) is 0 Å². The highest BCUT2D eigenvalue weighted by atomic mass is 19.2. The quantitative estimate of drug-likeness (QED) is 0.256. The van der Waals surface area contributed by atoms with Crippen LogP contribution in [0, 0.1) is 11.6 Å². The molecule has 0 amide bonds. The number of aromatic amines is 3. The van der Waals surface area contributed by atoms with Crippen molar-refractivity contribution in [1.82, 2.24) is 29.8 Å². The first-order valence-electron chi connectivity index (χ1n) is 11.3. The first-order valence-corrected chi connectivity index (χ1v) is 11.3. The Morgan fingerprint density at radius 1 is 0.946 bits per heavy atom. The van der Waals surface area contributed by atoms with E-state index in [9.17, 15) is 13.6 Å². The molecule has 3 N–H and O–H groups in total. The minimum Gasteiger partial charge on any atom is -0.454 e. The summed E-state index contributed by atoms with van der Waals surface area (Å²) in [6, 6.07) is 16.4. The van der Waals surface area contributed by atoms with Gasteiger partial charge >= 0.3 is 0 Å². The molecule has 0 unspecified atom stereocenters. The normalized spacial score (nSPS) is 11.6. The van der Waals surface area contributed by atoms with Gasteiger partial charge in [-0.25, -0.2) is 8.91 Å². The topological polar surface area (TPSA) is 104 Å². The van der Waals surface area contributed by atoms with Crippen LogP contribution in [-0.2, 0) is 0 Å². The van der Waals surface area contributed by atoms with Crippen LogP contribution in [0.5, 0.6) is 11.5 Å². The number of nitrogens with one attached hydrogen (secondary N) is 3. The molecular weight excluding hydrogens is 478 g/mol. The average molecular weight is 494 g/mol. The highest BCUT2D eigenvalue weighted by molar-refractivity contribution is 6.14. The molecule has 0 aliphatic heterocycles. The third kappa shape index (κ3) is 3.30. The molecular formula is C27H16F2N6O2. The number of rotatable bonds is 5. The molecule has 10 heteroatoms. The molecule has 37 heavy (non-hydrogen) atoms. The Kier molecular flexibility index (Phi) is 4.49. The van der Waals surface area contributed by atoms with Crippen LogP contribution in [0.25, 0.3) is 38.7 Å². The number of halogens is 2. The number of imidazole rings is 1. The smallest absolute Gasteiger partial charge is 0.214 e. The number of aromatic nitrogens is 6. The zero-order valence-electron chi connectivity index (χ0n) is 18.9. The first-order chi connectivity index (χ1) is 18.1. The molecule has 8 nitrogen and oxygen atoms in total. The Morgan fingerprint density at radius 3 is 2.70 bits per heavy atom.